The summed E-state index contributed by atoms with van der Waals surface area (Å²) in [4.78, 5) is 35.3. The molecular weight excluding hydrogens is 378 g/mol. The number of amides is 1. The maximum atomic E-state index is 13.1. The zero-order valence-corrected chi connectivity index (χ0v) is 17.7. The summed E-state index contributed by atoms with van der Waals surface area (Å²) in [6, 6.07) is 5.58. The second-order valence-electron chi connectivity index (χ2n) is 9.80. The lowest BCUT2D eigenvalue weighted by Gasteiger charge is -2.43. The third-order valence-corrected chi connectivity index (χ3v) is 6.62. The Hall–Kier alpha value is -2.96. The Labute approximate surface area is 175 Å². The average Bonchev–Trinajstić information content (AvgIpc) is 3.34. The van der Waals surface area contributed by atoms with Gasteiger partial charge in [0.2, 0.25) is 0 Å². The number of nitrogens with zero attached hydrogens (tertiary/aromatic N) is 4. The predicted molar refractivity (Wildman–Crippen MR) is 114 cm³/mol. The van der Waals surface area contributed by atoms with Crippen LogP contribution in [-0.2, 0) is 12.0 Å². The molecule has 1 amide bonds. The van der Waals surface area contributed by atoms with E-state index in [1.165, 1.54) is 0 Å². The van der Waals surface area contributed by atoms with E-state index in [1.807, 2.05) is 34.0 Å². The van der Waals surface area contributed by atoms with Crippen molar-refractivity contribution in [3.8, 4) is 0 Å². The van der Waals surface area contributed by atoms with E-state index in [1.54, 1.807) is 6.33 Å². The van der Waals surface area contributed by atoms with Gasteiger partial charge in [-0.05, 0) is 63.6 Å². The van der Waals surface area contributed by atoms with Gasteiger partial charge in [-0.15, -0.1) is 0 Å². The number of Topliss-reactive ketones (excluding diaryl/α,β-unsaturated/α-hetero) is 1. The zero-order valence-electron chi connectivity index (χ0n) is 17.7. The number of carbonyl (C=O) groups excluding carboxylic acids is 2. The maximum absolute atomic E-state index is 13.1. The van der Waals surface area contributed by atoms with Crippen LogP contribution in [0, 0.1) is 5.41 Å². The molecular formula is C23H27N5O2. The Bertz CT molecular complexity index is 1140. The van der Waals surface area contributed by atoms with Crippen LogP contribution in [-0.4, -0.2) is 49.4 Å². The van der Waals surface area contributed by atoms with Crippen LogP contribution in [0.2, 0.25) is 0 Å². The summed E-state index contributed by atoms with van der Waals surface area (Å²) in [5.74, 6) is 0.234. The summed E-state index contributed by atoms with van der Waals surface area (Å²) in [6.07, 6.45) is 6.61. The molecule has 3 aromatic rings. The van der Waals surface area contributed by atoms with Gasteiger partial charge in [-0.3, -0.25) is 14.3 Å². The van der Waals surface area contributed by atoms with Gasteiger partial charge in [-0.25, -0.2) is 4.98 Å². The number of aromatic amines is 1. The number of aromatic nitrogens is 4. The minimum Gasteiger partial charge on any atom is -0.345 e. The van der Waals surface area contributed by atoms with Gasteiger partial charge in [-0.2, -0.15) is 5.10 Å². The molecule has 7 heteroatoms. The van der Waals surface area contributed by atoms with Crippen molar-refractivity contribution < 1.29 is 9.59 Å². The number of ketones is 1. The van der Waals surface area contributed by atoms with E-state index in [0.29, 0.717) is 25.1 Å². The van der Waals surface area contributed by atoms with Crippen LogP contribution in [0.3, 0.4) is 0 Å². The Morgan fingerprint density at radius 3 is 2.67 bits per heavy atom. The zero-order chi connectivity index (χ0) is 21.1. The van der Waals surface area contributed by atoms with Crippen LogP contribution >= 0.6 is 0 Å². The van der Waals surface area contributed by atoms with E-state index in [9.17, 15) is 9.59 Å². The number of piperidine rings is 1. The SMILES string of the molecule is CC(C)(C)n1ncc2c1C(=O)CC1(CCN(C(=O)c3ccc4nc[nH]c4c3)CC1)C2. The van der Waals surface area contributed by atoms with E-state index < -0.39 is 0 Å². The molecule has 30 heavy (non-hydrogen) atoms. The number of imidazole rings is 1. The highest BCUT2D eigenvalue weighted by Gasteiger charge is 2.44. The first-order chi connectivity index (χ1) is 14.3. The van der Waals surface area contributed by atoms with Gasteiger partial charge >= 0.3 is 0 Å². The molecule has 1 aromatic carbocycles. The minimum absolute atomic E-state index is 0.0460. The van der Waals surface area contributed by atoms with Gasteiger partial charge in [-0.1, -0.05) is 0 Å². The van der Waals surface area contributed by atoms with E-state index in [0.717, 1.165) is 41.6 Å². The highest BCUT2D eigenvalue weighted by Crippen LogP contribution is 2.44. The molecule has 156 valence electrons. The summed E-state index contributed by atoms with van der Waals surface area (Å²) in [5.41, 5.74) is 3.98. The van der Waals surface area contributed by atoms with Crippen molar-refractivity contribution in [2.45, 2.75) is 52.0 Å². The number of fused-ring (bicyclic) bond motifs is 2. The number of nitrogens with one attached hydrogen (secondary N) is 1. The molecule has 7 nitrogen and oxygen atoms in total. The third-order valence-electron chi connectivity index (χ3n) is 6.62. The standard InChI is InChI=1S/C23H27N5O2/c1-22(2,3)28-20-16(13-26-28)11-23(12-19(20)29)6-8-27(9-7-23)21(30)15-4-5-17-18(10-15)25-14-24-17/h4-5,10,13-14H,6-9,11-12H2,1-3H3,(H,24,25). The Kier molecular flexibility index (Phi) is 4.14. The highest BCUT2D eigenvalue weighted by atomic mass is 16.2. The largest absolute Gasteiger partial charge is 0.345 e. The Morgan fingerprint density at radius 2 is 1.93 bits per heavy atom. The lowest BCUT2D eigenvalue weighted by atomic mass is 9.67. The number of carbonyl (C=O) groups is 2. The quantitative estimate of drug-likeness (QED) is 0.671. The number of rotatable bonds is 1. The van der Waals surface area contributed by atoms with Crippen molar-refractivity contribution >= 4 is 22.7 Å². The van der Waals surface area contributed by atoms with Crippen molar-refractivity contribution in [3.05, 3.63) is 47.5 Å². The maximum Gasteiger partial charge on any atom is 0.253 e. The Balaban J connectivity index is 1.32. The van der Waals surface area contributed by atoms with Crippen molar-refractivity contribution in [1.82, 2.24) is 24.6 Å². The molecule has 1 fully saturated rings. The monoisotopic (exact) mass is 405 g/mol. The van der Waals surface area contributed by atoms with E-state index in [4.69, 9.17) is 0 Å². The molecule has 3 heterocycles. The summed E-state index contributed by atoms with van der Waals surface area (Å²) in [7, 11) is 0. The molecule has 1 N–H and O–H groups in total. The summed E-state index contributed by atoms with van der Waals surface area (Å²) in [5, 5.41) is 4.52. The molecule has 2 aromatic heterocycles. The molecule has 0 atom stereocenters. The summed E-state index contributed by atoms with van der Waals surface area (Å²) in [6.45, 7) is 7.57. The molecule has 0 bridgehead atoms. The Morgan fingerprint density at radius 1 is 1.17 bits per heavy atom. The van der Waals surface area contributed by atoms with Crippen LogP contribution in [0.4, 0.5) is 0 Å². The molecule has 1 aliphatic heterocycles. The molecule has 2 aliphatic rings. The molecule has 1 spiro atoms. The lowest BCUT2D eigenvalue weighted by Crippen LogP contribution is -2.46. The van der Waals surface area contributed by atoms with Crippen LogP contribution in [0.15, 0.2) is 30.7 Å². The minimum atomic E-state index is -0.209. The summed E-state index contributed by atoms with van der Waals surface area (Å²) < 4.78 is 1.88. The fourth-order valence-corrected chi connectivity index (χ4v) is 5.00. The highest BCUT2D eigenvalue weighted by molar-refractivity contribution is 5.98. The van der Waals surface area contributed by atoms with Crippen LogP contribution in [0.1, 0.15) is 66.4 Å². The van der Waals surface area contributed by atoms with Crippen LogP contribution in [0.25, 0.3) is 11.0 Å². The second kappa shape index (κ2) is 6.52. The lowest BCUT2D eigenvalue weighted by molar-refractivity contribution is 0.0515. The van der Waals surface area contributed by atoms with E-state index >= 15 is 0 Å². The number of hydrogen-bond acceptors (Lipinski definition) is 4. The first kappa shape index (κ1) is 19.0. The fraction of sp³-hybridized carbons (Fsp3) is 0.478. The van der Waals surface area contributed by atoms with Crippen LogP contribution in [0.5, 0.6) is 0 Å². The van der Waals surface area contributed by atoms with Gasteiger partial charge < -0.3 is 9.88 Å². The van der Waals surface area contributed by atoms with Gasteiger partial charge in [0.25, 0.3) is 5.91 Å². The number of hydrogen-bond donors (Lipinski definition) is 1. The van der Waals surface area contributed by atoms with Crippen molar-refractivity contribution in [3.63, 3.8) is 0 Å². The van der Waals surface area contributed by atoms with Gasteiger partial charge in [0.1, 0.15) is 5.69 Å². The number of benzene rings is 1. The van der Waals surface area contributed by atoms with Gasteiger partial charge in [0.15, 0.2) is 5.78 Å². The van der Waals surface area contributed by atoms with Gasteiger partial charge in [0, 0.05) is 30.6 Å². The molecule has 1 aliphatic carbocycles. The predicted octanol–water partition coefficient (Wildman–Crippen LogP) is 3.57. The average molecular weight is 406 g/mol. The van der Waals surface area contributed by atoms with Crippen molar-refractivity contribution in [1.29, 1.82) is 0 Å². The second-order valence-corrected chi connectivity index (χ2v) is 9.80. The van der Waals surface area contributed by atoms with Gasteiger partial charge in [0.05, 0.1) is 29.1 Å². The third kappa shape index (κ3) is 3.04. The van der Waals surface area contributed by atoms with Crippen molar-refractivity contribution in [2.24, 2.45) is 5.41 Å². The van der Waals surface area contributed by atoms with E-state index in [-0.39, 0.29) is 22.6 Å². The normalized spacial score (nSPS) is 18.8. The molecule has 0 saturated carbocycles. The molecule has 1 saturated heterocycles. The molecule has 0 radical (unpaired) electrons. The van der Waals surface area contributed by atoms with Crippen LogP contribution < -0.4 is 0 Å². The number of H-pyrrole nitrogens is 1. The van der Waals surface area contributed by atoms with Crippen molar-refractivity contribution in [2.75, 3.05) is 13.1 Å². The number of likely N-dealkylation sites (tertiary alicyclic amines) is 1. The summed E-state index contributed by atoms with van der Waals surface area (Å²) >= 11 is 0. The fourth-order valence-electron chi connectivity index (χ4n) is 5.00. The topological polar surface area (TPSA) is 83.9 Å². The first-order valence-corrected chi connectivity index (χ1v) is 10.6. The first-order valence-electron chi connectivity index (χ1n) is 10.6. The van der Waals surface area contributed by atoms with E-state index in [2.05, 4.69) is 35.8 Å². The smallest absolute Gasteiger partial charge is 0.253 e. The molecule has 0 unspecified atom stereocenters. The molecule has 5 rings (SSSR count).